The van der Waals surface area contributed by atoms with Gasteiger partial charge in [0.2, 0.25) is 0 Å². The molecule has 0 aromatic heterocycles. The molecular formula is C9H16F3NO3. The number of amides is 1. The predicted molar refractivity (Wildman–Crippen MR) is 51.0 cm³/mol. The molecule has 0 spiro atoms. The number of nitrogens with zero attached hydrogens (tertiary/aromatic N) is 1. The largest absolute Gasteiger partial charge is 0.447 e. The normalized spacial score (nSPS) is 11.3. The van der Waals surface area contributed by atoms with Gasteiger partial charge in [-0.3, -0.25) is 4.90 Å². The van der Waals surface area contributed by atoms with Crippen LogP contribution >= 0.6 is 0 Å². The number of rotatable bonds is 6. The lowest BCUT2D eigenvalue weighted by Gasteiger charge is -2.22. The Bertz CT molecular complexity index is 209. The van der Waals surface area contributed by atoms with Gasteiger partial charge in [0, 0.05) is 6.54 Å². The number of unbranched alkanes of at least 4 members (excludes halogenated alkanes) is 1. The van der Waals surface area contributed by atoms with E-state index in [1.54, 1.807) is 0 Å². The van der Waals surface area contributed by atoms with Crippen molar-refractivity contribution in [3.05, 3.63) is 0 Å². The molecule has 16 heavy (non-hydrogen) atoms. The van der Waals surface area contributed by atoms with Gasteiger partial charge in [-0.15, -0.1) is 0 Å². The molecule has 0 saturated heterocycles. The van der Waals surface area contributed by atoms with Gasteiger partial charge in [0.1, 0.15) is 13.2 Å². The van der Waals surface area contributed by atoms with E-state index in [-0.39, 0.29) is 13.2 Å². The van der Waals surface area contributed by atoms with Crippen molar-refractivity contribution in [3.63, 3.8) is 0 Å². The number of carbonyl (C=O) groups is 1. The van der Waals surface area contributed by atoms with Gasteiger partial charge in [-0.05, 0) is 6.42 Å². The summed E-state index contributed by atoms with van der Waals surface area (Å²) in [7, 11) is 0. The Hall–Kier alpha value is -0.980. The van der Waals surface area contributed by atoms with E-state index in [1.165, 1.54) is 0 Å². The first-order chi connectivity index (χ1) is 7.40. The Labute approximate surface area is 92.0 Å². The molecule has 0 aromatic carbocycles. The van der Waals surface area contributed by atoms with Crippen LogP contribution in [0.15, 0.2) is 0 Å². The number of halogens is 3. The van der Waals surface area contributed by atoms with Gasteiger partial charge in [0.25, 0.3) is 0 Å². The predicted octanol–water partition coefficient (Wildman–Crippen LogP) is 1.78. The maximum absolute atomic E-state index is 12.1. The minimum Gasteiger partial charge on any atom is -0.447 e. The molecule has 0 aliphatic heterocycles. The van der Waals surface area contributed by atoms with Crippen molar-refractivity contribution in [3.8, 4) is 0 Å². The van der Waals surface area contributed by atoms with E-state index in [0.29, 0.717) is 17.7 Å². The van der Waals surface area contributed by atoms with Crippen LogP contribution in [0.25, 0.3) is 0 Å². The molecule has 0 rings (SSSR count). The Morgan fingerprint density at radius 1 is 1.44 bits per heavy atom. The van der Waals surface area contributed by atoms with E-state index in [0.717, 1.165) is 0 Å². The summed E-state index contributed by atoms with van der Waals surface area (Å²) in [6.07, 6.45) is -4.32. The van der Waals surface area contributed by atoms with E-state index >= 15 is 0 Å². The number of aliphatic hydroxyl groups is 1. The van der Waals surface area contributed by atoms with Crippen LogP contribution in [0, 0.1) is 0 Å². The fourth-order valence-corrected chi connectivity index (χ4v) is 1.02. The van der Waals surface area contributed by atoms with Gasteiger partial charge in [0.15, 0.2) is 0 Å². The SMILES string of the molecule is CCCCN(CC(F)(F)F)C(=O)OCCO. The maximum Gasteiger partial charge on any atom is 0.410 e. The van der Waals surface area contributed by atoms with Gasteiger partial charge in [-0.2, -0.15) is 13.2 Å². The Kier molecular flexibility index (Phi) is 6.87. The van der Waals surface area contributed by atoms with Gasteiger partial charge >= 0.3 is 12.3 Å². The fraction of sp³-hybridized carbons (Fsp3) is 0.889. The van der Waals surface area contributed by atoms with Crippen LogP contribution < -0.4 is 0 Å². The highest BCUT2D eigenvalue weighted by atomic mass is 19.4. The Morgan fingerprint density at radius 3 is 2.50 bits per heavy atom. The monoisotopic (exact) mass is 243 g/mol. The van der Waals surface area contributed by atoms with Gasteiger partial charge in [-0.25, -0.2) is 4.79 Å². The second-order valence-electron chi connectivity index (χ2n) is 3.23. The molecule has 4 nitrogen and oxygen atoms in total. The molecule has 0 radical (unpaired) electrons. The number of alkyl halides is 3. The molecule has 7 heteroatoms. The second kappa shape index (κ2) is 7.32. The van der Waals surface area contributed by atoms with E-state index in [4.69, 9.17) is 5.11 Å². The molecule has 0 aliphatic rings. The van der Waals surface area contributed by atoms with Crippen LogP contribution in [0.3, 0.4) is 0 Å². The molecule has 0 aromatic rings. The molecule has 0 heterocycles. The number of aliphatic hydroxyl groups excluding tert-OH is 1. The molecule has 1 N–H and O–H groups in total. The van der Waals surface area contributed by atoms with Crippen LogP contribution in [0.5, 0.6) is 0 Å². The molecule has 0 unspecified atom stereocenters. The van der Waals surface area contributed by atoms with E-state index < -0.39 is 25.4 Å². The molecule has 0 aliphatic carbocycles. The average molecular weight is 243 g/mol. The highest BCUT2D eigenvalue weighted by Crippen LogP contribution is 2.17. The third-order valence-electron chi connectivity index (χ3n) is 1.73. The summed E-state index contributed by atoms with van der Waals surface area (Å²) < 4.78 is 40.8. The molecule has 0 saturated carbocycles. The van der Waals surface area contributed by atoms with E-state index in [2.05, 4.69) is 4.74 Å². The van der Waals surface area contributed by atoms with Crippen LogP contribution in [0.2, 0.25) is 0 Å². The Balaban J connectivity index is 4.23. The third-order valence-corrected chi connectivity index (χ3v) is 1.73. The zero-order chi connectivity index (χ0) is 12.6. The zero-order valence-corrected chi connectivity index (χ0v) is 9.09. The third kappa shape index (κ3) is 7.33. The van der Waals surface area contributed by atoms with Crippen LogP contribution in [0.4, 0.5) is 18.0 Å². The van der Waals surface area contributed by atoms with Gasteiger partial charge in [-0.1, -0.05) is 13.3 Å². The summed E-state index contributed by atoms with van der Waals surface area (Å²) in [6, 6.07) is 0. The smallest absolute Gasteiger partial charge is 0.410 e. The number of carbonyl (C=O) groups excluding carboxylic acids is 1. The van der Waals surface area contributed by atoms with Crippen LogP contribution in [-0.4, -0.2) is 48.6 Å². The highest BCUT2D eigenvalue weighted by molar-refractivity contribution is 5.67. The van der Waals surface area contributed by atoms with Crippen molar-refractivity contribution in [1.29, 1.82) is 0 Å². The van der Waals surface area contributed by atoms with Gasteiger partial charge in [0.05, 0.1) is 6.61 Å². The van der Waals surface area contributed by atoms with Crippen LogP contribution in [-0.2, 0) is 4.74 Å². The minimum absolute atomic E-state index is 0.000270. The second-order valence-corrected chi connectivity index (χ2v) is 3.23. The molecular weight excluding hydrogens is 227 g/mol. The molecule has 96 valence electrons. The lowest BCUT2D eigenvalue weighted by molar-refractivity contribution is -0.142. The average Bonchev–Trinajstić information content (AvgIpc) is 2.19. The lowest BCUT2D eigenvalue weighted by atomic mass is 10.3. The summed E-state index contributed by atoms with van der Waals surface area (Å²) in [4.78, 5) is 11.8. The minimum atomic E-state index is -4.44. The van der Waals surface area contributed by atoms with E-state index in [1.807, 2.05) is 6.92 Å². The first kappa shape index (κ1) is 15.0. The lowest BCUT2D eigenvalue weighted by Crippen LogP contribution is -2.40. The van der Waals surface area contributed by atoms with E-state index in [9.17, 15) is 18.0 Å². The van der Waals surface area contributed by atoms with Crippen molar-refractivity contribution in [1.82, 2.24) is 4.90 Å². The summed E-state index contributed by atoms with van der Waals surface area (Å²) >= 11 is 0. The molecule has 1 amide bonds. The van der Waals surface area contributed by atoms with Crippen molar-refractivity contribution in [2.45, 2.75) is 25.9 Å². The zero-order valence-electron chi connectivity index (χ0n) is 9.09. The van der Waals surface area contributed by atoms with Crippen LogP contribution in [0.1, 0.15) is 19.8 Å². The standard InChI is InChI=1S/C9H16F3NO3/c1-2-3-4-13(7-9(10,11)12)8(15)16-6-5-14/h14H,2-7H2,1H3. The maximum atomic E-state index is 12.1. The van der Waals surface area contributed by atoms with Crippen molar-refractivity contribution in [2.24, 2.45) is 0 Å². The van der Waals surface area contributed by atoms with Crippen molar-refractivity contribution in [2.75, 3.05) is 26.3 Å². The molecule has 0 bridgehead atoms. The number of ether oxygens (including phenoxy) is 1. The summed E-state index contributed by atoms with van der Waals surface area (Å²) in [5.74, 6) is 0. The highest BCUT2D eigenvalue weighted by Gasteiger charge is 2.33. The summed E-state index contributed by atoms with van der Waals surface area (Å²) in [5.41, 5.74) is 0. The van der Waals surface area contributed by atoms with Crippen molar-refractivity contribution >= 4 is 6.09 Å². The number of hydrogen-bond donors (Lipinski definition) is 1. The topological polar surface area (TPSA) is 49.8 Å². The summed E-state index contributed by atoms with van der Waals surface area (Å²) in [5, 5.41) is 8.39. The summed E-state index contributed by atoms with van der Waals surface area (Å²) in [6.45, 7) is -0.207. The van der Waals surface area contributed by atoms with Gasteiger partial charge < -0.3 is 9.84 Å². The number of hydrogen-bond acceptors (Lipinski definition) is 3. The first-order valence-electron chi connectivity index (χ1n) is 5.00. The fourth-order valence-electron chi connectivity index (χ4n) is 1.02. The quantitative estimate of drug-likeness (QED) is 0.773. The molecule has 0 atom stereocenters. The Morgan fingerprint density at radius 2 is 2.06 bits per heavy atom. The van der Waals surface area contributed by atoms with Crippen molar-refractivity contribution < 1.29 is 27.8 Å². The molecule has 0 fully saturated rings. The first-order valence-corrected chi connectivity index (χ1v) is 5.00.